The molecular weight excluding hydrogens is 300 g/mol. The first kappa shape index (κ1) is 15.5. The molecule has 1 aromatic heterocycles. The van der Waals surface area contributed by atoms with Crippen LogP contribution in [0.4, 0.5) is 5.69 Å². The number of anilines is 1. The quantitative estimate of drug-likeness (QED) is 0.775. The molecule has 5 heteroatoms. The molecule has 0 saturated carbocycles. The Morgan fingerprint density at radius 1 is 1.17 bits per heavy atom. The Bertz CT molecular complexity index is 926. The van der Waals surface area contributed by atoms with Crippen LogP contribution in [0.1, 0.15) is 21.5 Å². The molecule has 1 amide bonds. The van der Waals surface area contributed by atoms with Gasteiger partial charge in [-0.2, -0.15) is 5.26 Å². The highest BCUT2D eigenvalue weighted by atomic mass is 16.1. The highest BCUT2D eigenvalue weighted by Gasteiger charge is 2.08. The van der Waals surface area contributed by atoms with Gasteiger partial charge in [-0.3, -0.25) is 9.78 Å². The van der Waals surface area contributed by atoms with E-state index < -0.39 is 0 Å². The van der Waals surface area contributed by atoms with Crippen molar-refractivity contribution in [2.24, 2.45) is 0 Å². The van der Waals surface area contributed by atoms with Crippen LogP contribution >= 0.6 is 0 Å². The molecule has 0 aliphatic rings. The van der Waals surface area contributed by atoms with Crippen molar-refractivity contribution in [3.63, 3.8) is 0 Å². The summed E-state index contributed by atoms with van der Waals surface area (Å²) in [6.07, 6.45) is 1.58. The number of pyridine rings is 1. The average molecular weight is 316 g/mol. The number of hydrogen-bond acceptors (Lipinski definition) is 4. The summed E-state index contributed by atoms with van der Waals surface area (Å²) in [5, 5.41) is 16.2. The van der Waals surface area contributed by atoms with Crippen LogP contribution in [0.2, 0.25) is 0 Å². The third kappa shape index (κ3) is 3.03. The van der Waals surface area contributed by atoms with Gasteiger partial charge >= 0.3 is 0 Å². The van der Waals surface area contributed by atoms with E-state index in [0.717, 1.165) is 22.2 Å². The maximum Gasteiger partial charge on any atom is 0.251 e. The summed E-state index contributed by atoms with van der Waals surface area (Å²) < 4.78 is 0. The lowest BCUT2D eigenvalue weighted by Gasteiger charge is -2.11. The number of carbonyl (C=O) groups is 1. The Morgan fingerprint density at radius 2 is 1.92 bits per heavy atom. The molecule has 0 spiro atoms. The van der Waals surface area contributed by atoms with Crippen LogP contribution in [0.3, 0.4) is 0 Å². The van der Waals surface area contributed by atoms with E-state index in [-0.39, 0.29) is 5.91 Å². The van der Waals surface area contributed by atoms with Crippen LogP contribution in [0.5, 0.6) is 0 Å². The Hall–Kier alpha value is -3.39. The predicted molar refractivity (Wildman–Crippen MR) is 93.6 cm³/mol. The summed E-state index contributed by atoms with van der Waals surface area (Å²) in [4.78, 5) is 15.9. The minimum absolute atomic E-state index is 0.110. The lowest BCUT2D eigenvalue weighted by atomic mass is 10.1. The van der Waals surface area contributed by atoms with Crippen LogP contribution in [0.15, 0.2) is 54.7 Å². The lowest BCUT2D eigenvalue weighted by Crippen LogP contribution is -2.17. The second kappa shape index (κ2) is 6.80. The largest absolute Gasteiger partial charge is 0.379 e. The molecule has 1 heterocycles. The molecular formula is C19H16N4O. The van der Waals surface area contributed by atoms with Crippen molar-refractivity contribution in [1.82, 2.24) is 10.3 Å². The Labute approximate surface area is 140 Å². The van der Waals surface area contributed by atoms with Gasteiger partial charge in [-0.1, -0.05) is 30.3 Å². The zero-order valence-corrected chi connectivity index (χ0v) is 13.2. The smallest absolute Gasteiger partial charge is 0.251 e. The Kier molecular flexibility index (Phi) is 4.39. The van der Waals surface area contributed by atoms with Crippen LogP contribution < -0.4 is 10.6 Å². The number of nitriles is 1. The first-order chi connectivity index (χ1) is 11.7. The highest BCUT2D eigenvalue weighted by molar-refractivity contribution is 5.94. The molecule has 2 N–H and O–H groups in total. The van der Waals surface area contributed by atoms with Crippen molar-refractivity contribution in [2.75, 3.05) is 12.4 Å². The number of para-hydroxylation sites is 1. The Morgan fingerprint density at radius 3 is 2.62 bits per heavy atom. The topological polar surface area (TPSA) is 77.8 Å². The van der Waals surface area contributed by atoms with Gasteiger partial charge in [0.05, 0.1) is 16.8 Å². The first-order valence-electron chi connectivity index (χ1n) is 7.55. The van der Waals surface area contributed by atoms with Gasteiger partial charge in [-0.25, -0.2) is 0 Å². The summed E-state index contributed by atoms with van der Waals surface area (Å²) in [5.41, 5.74) is 3.77. The molecule has 0 radical (unpaired) electrons. The number of aromatic nitrogens is 1. The van der Waals surface area contributed by atoms with Gasteiger partial charge in [0.1, 0.15) is 6.07 Å². The molecule has 0 saturated heterocycles. The van der Waals surface area contributed by atoms with Crippen LogP contribution in [0, 0.1) is 11.3 Å². The second-order valence-corrected chi connectivity index (χ2v) is 5.31. The van der Waals surface area contributed by atoms with E-state index >= 15 is 0 Å². The SMILES string of the molecule is CNC(=O)c1ccc(CNc2c(C#N)cnc3ccccc23)cc1. The van der Waals surface area contributed by atoms with Gasteiger partial charge < -0.3 is 10.6 Å². The van der Waals surface area contributed by atoms with Crippen molar-refractivity contribution >= 4 is 22.5 Å². The minimum Gasteiger partial charge on any atom is -0.379 e. The van der Waals surface area contributed by atoms with E-state index in [9.17, 15) is 10.1 Å². The van der Waals surface area contributed by atoms with Crippen molar-refractivity contribution in [3.05, 3.63) is 71.4 Å². The third-order valence-corrected chi connectivity index (χ3v) is 3.81. The zero-order valence-electron chi connectivity index (χ0n) is 13.2. The van der Waals surface area contributed by atoms with E-state index in [1.54, 1.807) is 25.4 Å². The molecule has 3 aromatic rings. The van der Waals surface area contributed by atoms with Gasteiger partial charge in [0.15, 0.2) is 0 Å². The molecule has 0 aliphatic carbocycles. The number of amides is 1. The van der Waals surface area contributed by atoms with Crippen LogP contribution in [-0.2, 0) is 6.54 Å². The van der Waals surface area contributed by atoms with E-state index in [2.05, 4.69) is 21.7 Å². The van der Waals surface area contributed by atoms with E-state index in [0.29, 0.717) is 17.7 Å². The second-order valence-electron chi connectivity index (χ2n) is 5.31. The van der Waals surface area contributed by atoms with Gasteiger partial charge in [-0.05, 0) is 23.8 Å². The van der Waals surface area contributed by atoms with Gasteiger partial charge in [0, 0.05) is 30.7 Å². The summed E-state index contributed by atoms with van der Waals surface area (Å²) in [5.74, 6) is -0.110. The number of fused-ring (bicyclic) bond motifs is 1. The fourth-order valence-corrected chi connectivity index (χ4v) is 2.53. The fourth-order valence-electron chi connectivity index (χ4n) is 2.53. The number of rotatable bonds is 4. The molecule has 0 fully saturated rings. The number of benzene rings is 2. The monoisotopic (exact) mass is 316 g/mol. The van der Waals surface area contributed by atoms with Crippen molar-refractivity contribution in [1.29, 1.82) is 5.26 Å². The molecule has 5 nitrogen and oxygen atoms in total. The number of nitrogens with zero attached hydrogens (tertiary/aromatic N) is 2. The Balaban J connectivity index is 1.85. The molecule has 3 rings (SSSR count). The maximum absolute atomic E-state index is 11.6. The third-order valence-electron chi connectivity index (χ3n) is 3.81. The highest BCUT2D eigenvalue weighted by Crippen LogP contribution is 2.25. The predicted octanol–water partition coefficient (Wildman–Crippen LogP) is 3.08. The summed E-state index contributed by atoms with van der Waals surface area (Å²) in [6, 6.07) is 17.2. The van der Waals surface area contributed by atoms with Crippen LogP contribution in [0.25, 0.3) is 10.9 Å². The molecule has 0 aliphatic heterocycles. The molecule has 0 unspecified atom stereocenters. The van der Waals surface area contributed by atoms with Crippen LogP contribution in [-0.4, -0.2) is 17.9 Å². The van der Waals surface area contributed by atoms with Gasteiger partial charge in [0.2, 0.25) is 0 Å². The minimum atomic E-state index is -0.110. The molecule has 118 valence electrons. The van der Waals surface area contributed by atoms with E-state index in [4.69, 9.17) is 0 Å². The summed E-state index contributed by atoms with van der Waals surface area (Å²) in [6.45, 7) is 0.552. The summed E-state index contributed by atoms with van der Waals surface area (Å²) in [7, 11) is 1.61. The van der Waals surface area contributed by atoms with E-state index in [1.807, 2.05) is 36.4 Å². The van der Waals surface area contributed by atoms with Crippen molar-refractivity contribution < 1.29 is 4.79 Å². The number of nitrogens with one attached hydrogen (secondary N) is 2. The van der Waals surface area contributed by atoms with Gasteiger partial charge in [-0.15, -0.1) is 0 Å². The van der Waals surface area contributed by atoms with Crippen molar-refractivity contribution in [2.45, 2.75) is 6.54 Å². The van der Waals surface area contributed by atoms with E-state index in [1.165, 1.54) is 0 Å². The molecule has 0 bridgehead atoms. The summed E-state index contributed by atoms with van der Waals surface area (Å²) >= 11 is 0. The number of carbonyl (C=O) groups excluding carboxylic acids is 1. The normalized spacial score (nSPS) is 10.2. The molecule has 2 aromatic carbocycles. The average Bonchev–Trinajstić information content (AvgIpc) is 2.65. The maximum atomic E-state index is 11.6. The van der Waals surface area contributed by atoms with Gasteiger partial charge in [0.25, 0.3) is 5.91 Å². The first-order valence-corrected chi connectivity index (χ1v) is 7.55. The molecule has 0 atom stereocenters. The fraction of sp³-hybridized carbons (Fsp3) is 0.105. The van der Waals surface area contributed by atoms with Crippen molar-refractivity contribution in [3.8, 4) is 6.07 Å². The molecule has 24 heavy (non-hydrogen) atoms. The lowest BCUT2D eigenvalue weighted by molar-refractivity contribution is 0.0963. The number of hydrogen-bond donors (Lipinski definition) is 2. The zero-order chi connectivity index (χ0) is 16.9. The standard InChI is InChI=1S/C19H16N4O/c1-21-19(24)14-8-6-13(7-9-14)11-23-18-15(10-20)12-22-17-5-3-2-4-16(17)18/h2-9,12H,11H2,1H3,(H,21,24)(H,22,23).